The molecule has 0 aliphatic carbocycles. The van der Waals surface area contributed by atoms with Crippen LogP contribution in [0.3, 0.4) is 0 Å². The van der Waals surface area contributed by atoms with Crippen molar-refractivity contribution < 1.29 is 33.9 Å². The van der Waals surface area contributed by atoms with E-state index in [4.69, 9.17) is 4.74 Å². The number of hydrogen-bond acceptors (Lipinski definition) is 7. The number of rotatable bonds is 6. The number of amides is 5. The third kappa shape index (κ3) is 10.5. The van der Waals surface area contributed by atoms with E-state index < -0.39 is 41.7 Å². The van der Waals surface area contributed by atoms with Crippen molar-refractivity contribution in [1.82, 2.24) is 25.9 Å². The fraction of sp³-hybridized carbons (Fsp3) is 0.783. The number of hydrogen-bond donors (Lipinski definition) is 4. The number of nitrogens with zero attached hydrogens (tertiary/aromatic N) is 2. The molecule has 0 bridgehead atoms. The molecule has 1 heterocycles. The Balaban J connectivity index is 3.18. The second kappa shape index (κ2) is 15.2. The maximum atomic E-state index is 13.4. The molecule has 4 N–H and O–H groups in total. The molecule has 1 aliphatic rings. The van der Waals surface area contributed by atoms with Crippen LogP contribution in [0.5, 0.6) is 0 Å². The molecule has 200 valence electrons. The van der Waals surface area contributed by atoms with Gasteiger partial charge in [-0.15, -0.1) is 0 Å². The Kier molecular flexibility index (Phi) is 13.1. The van der Waals surface area contributed by atoms with Crippen LogP contribution in [0.15, 0.2) is 0 Å². The summed E-state index contributed by atoms with van der Waals surface area (Å²) >= 11 is 0. The lowest BCUT2D eigenvalue weighted by Crippen LogP contribution is -2.52. The van der Waals surface area contributed by atoms with Crippen molar-refractivity contribution in [3.8, 4) is 0 Å². The van der Waals surface area contributed by atoms with Gasteiger partial charge in [-0.3, -0.25) is 24.4 Å². The fourth-order valence-corrected chi connectivity index (χ4v) is 3.91. The molecule has 1 saturated heterocycles. The molecule has 0 aromatic rings. The fourth-order valence-electron chi connectivity index (χ4n) is 3.91. The second-order valence-electron chi connectivity index (χ2n) is 9.56. The highest BCUT2D eigenvalue weighted by Gasteiger charge is 2.36. The molecule has 1 fully saturated rings. The number of likely N-dealkylation sites (N-methyl/N-ethyl adjacent to an activating group) is 1. The maximum absolute atomic E-state index is 13.4. The molecule has 35 heavy (non-hydrogen) atoms. The van der Waals surface area contributed by atoms with Crippen LogP contribution in [-0.4, -0.2) is 91.6 Å². The highest BCUT2D eigenvalue weighted by atomic mass is 16.6. The van der Waals surface area contributed by atoms with Crippen LogP contribution in [0.2, 0.25) is 0 Å². The molecule has 12 heteroatoms. The molecular weight excluding hydrogens is 458 g/mol. The first-order valence-electron chi connectivity index (χ1n) is 12.1. The largest absolute Gasteiger partial charge is 0.449 e. The van der Waals surface area contributed by atoms with Crippen LogP contribution >= 0.6 is 0 Å². The van der Waals surface area contributed by atoms with Gasteiger partial charge in [0.1, 0.15) is 6.04 Å². The molecule has 0 radical (unpaired) electrons. The van der Waals surface area contributed by atoms with Gasteiger partial charge in [-0.05, 0) is 44.4 Å². The molecule has 0 saturated carbocycles. The molecule has 0 spiro atoms. The van der Waals surface area contributed by atoms with E-state index in [0.717, 1.165) is 0 Å². The number of carbonyl (C=O) groups excluding carboxylic acids is 5. The van der Waals surface area contributed by atoms with Gasteiger partial charge in [0, 0.05) is 33.6 Å². The van der Waals surface area contributed by atoms with Gasteiger partial charge in [-0.1, -0.05) is 13.8 Å². The monoisotopic (exact) mass is 499 g/mol. The first-order valence-corrected chi connectivity index (χ1v) is 12.1. The molecular formula is C23H41N5O7. The van der Waals surface area contributed by atoms with Crippen molar-refractivity contribution in [2.75, 3.05) is 40.8 Å². The molecule has 1 aliphatic heterocycles. The lowest BCUT2D eigenvalue weighted by molar-refractivity contribution is -0.142. The van der Waals surface area contributed by atoms with Crippen LogP contribution in [0.25, 0.3) is 0 Å². The van der Waals surface area contributed by atoms with Gasteiger partial charge in [0.05, 0.1) is 19.1 Å². The predicted octanol–water partition coefficient (Wildman–Crippen LogP) is 0.492. The Hall–Kier alpha value is -2.89. The standard InChI is InChI=1S/C23H41N5O7/c1-15(2)13-17-16(21(31)26-34)9-8-12-35-23(33)28(5)11-7-6-10-18(25-20(17)30)22(32)24-14-19(29)27(3)4/h15-18,34H,6-14H2,1-5H3,(H,24,32)(H,25,30)(H,26,31)/t16-,17+,18-/m0/s1. The Labute approximate surface area is 207 Å². The highest BCUT2D eigenvalue weighted by molar-refractivity contribution is 5.92. The summed E-state index contributed by atoms with van der Waals surface area (Å²) in [7, 11) is 4.76. The molecule has 0 unspecified atom stereocenters. The number of cyclic esters (lactones) is 1. The lowest BCUT2D eigenvalue weighted by Gasteiger charge is -2.28. The van der Waals surface area contributed by atoms with Crippen LogP contribution in [-0.2, 0) is 23.9 Å². The first-order chi connectivity index (χ1) is 16.5. The molecule has 5 amide bonds. The van der Waals surface area contributed by atoms with Crippen molar-refractivity contribution in [2.24, 2.45) is 17.8 Å². The van der Waals surface area contributed by atoms with E-state index in [1.807, 2.05) is 13.8 Å². The summed E-state index contributed by atoms with van der Waals surface area (Å²) in [6.07, 6.45) is 1.74. The Morgan fingerprint density at radius 1 is 1.14 bits per heavy atom. The summed E-state index contributed by atoms with van der Waals surface area (Å²) < 4.78 is 5.26. The van der Waals surface area contributed by atoms with Crippen molar-refractivity contribution in [1.29, 1.82) is 0 Å². The number of nitrogens with one attached hydrogen (secondary N) is 3. The average Bonchev–Trinajstić information content (AvgIpc) is 2.81. The van der Waals surface area contributed by atoms with Gasteiger partial charge in [0.15, 0.2) is 0 Å². The zero-order valence-electron chi connectivity index (χ0n) is 21.5. The van der Waals surface area contributed by atoms with Crippen LogP contribution in [0, 0.1) is 17.8 Å². The summed E-state index contributed by atoms with van der Waals surface area (Å²) in [6.45, 7) is 4.08. The maximum Gasteiger partial charge on any atom is 0.409 e. The zero-order chi connectivity index (χ0) is 26.5. The summed E-state index contributed by atoms with van der Waals surface area (Å²) in [4.78, 5) is 65.6. The van der Waals surface area contributed by atoms with Gasteiger partial charge in [0.25, 0.3) is 0 Å². The van der Waals surface area contributed by atoms with Crippen LogP contribution in [0.1, 0.15) is 52.4 Å². The Morgan fingerprint density at radius 3 is 2.43 bits per heavy atom. The molecule has 3 atom stereocenters. The minimum atomic E-state index is -0.924. The summed E-state index contributed by atoms with van der Waals surface area (Å²) in [5.74, 6) is -3.63. The third-order valence-electron chi connectivity index (χ3n) is 5.97. The summed E-state index contributed by atoms with van der Waals surface area (Å²) in [5.41, 5.74) is 1.64. The Bertz CT molecular complexity index is 744. The predicted molar refractivity (Wildman–Crippen MR) is 127 cm³/mol. The molecule has 12 nitrogen and oxygen atoms in total. The summed E-state index contributed by atoms with van der Waals surface area (Å²) in [6, 6.07) is -0.924. The van der Waals surface area contributed by atoms with E-state index in [9.17, 15) is 29.2 Å². The number of carbonyl (C=O) groups is 5. The SMILES string of the molecule is CC(C)C[C@H]1C(=O)N[C@H](C(=O)NCC(=O)N(C)C)CCCCN(C)C(=O)OCCC[C@@H]1C(=O)NO. The molecule has 0 aromatic carbocycles. The average molecular weight is 500 g/mol. The molecule has 0 aromatic heterocycles. The van der Waals surface area contributed by atoms with Gasteiger partial charge < -0.3 is 25.2 Å². The van der Waals surface area contributed by atoms with Crippen LogP contribution in [0.4, 0.5) is 4.79 Å². The van der Waals surface area contributed by atoms with E-state index in [1.54, 1.807) is 26.6 Å². The van der Waals surface area contributed by atoms with Gasteiger partial charge in [0.2, 0.25) is 23.6 Å². The summed E-state index contributed by atoms with van der Waals surface area (Å²) in [5, 5.41) is 14.6. The van der Waals surface area contributed by atoms with E-state index in [1.165, 1.54) is 9.80 Å². The minimum absolute atomic E-state index is 0.0540. The lowest BCUT2D eigenvalue weighted by atomic mass is 9.81. The normalized spacial score (nSPS) is 22.8. The van der Waals surface area contributed by atoms with E-state index in [0.29, 0.717) is 32.2 Å². The van der Waals surface area contributed by atoms with Gasteiger partial charge in [-0.25, -0.2) is 10.3 Å². The van der Waals surface area contributed by atoms with Crippen LogP contribution < -0.4 is 16.1 Å². The van der Waals surface area contributed by atoms with Gasteiger partial charge in [-0.2, -0.15) is 0 Å². The van der Waals surface area contributed by atoms with E-state index >= 15 is 0 Å². The third-order valence-corrected chi connectivity index (χ3v) is 5.97. The quantitative estimate of drug-likeness (QED) is 0.306. The number of ether oxygens (including phenoxy) is 1. The Morgan fingerprint density at radius 2 is 1.83 bits per heavy atom. The smallest absolute Gasteiger partial charge is 0.409 e. The van der Waals surface area contributed by atoms with E-state index in [-0.39, 0.29) is 37.8 Å². The van der Waals surface area contributed by atoms with Crippen molar-refractivity contribution >= 4 is 29.7 Å². The van der Waals surface area contributed by atoms with Gasteiger partial charge >= 0.3 is 6.09 Å². The first kappa shape index (κ1) is 30.1. The topological polar surface area (TPSA) is 157 Å². The number of hydroxylamine groups is 1. The van der Waals surface area contributed by atoms with Crippen molar-refractivity contribution in [3.63, 3.8) is 0 Å². The zero-order valence-corrected chi connectivity index (χ0v) is 21.5. The second-order valence-corrected chi connectivity index (χ2v) is 9.56. The van der Waals surface area contributed by atoms with E-state index in [2.05, 4.69) is 10.6 Å². The highest BCUT2D eigenvalue weighted by Crippen LogP contribution is 2.26. The van der Waals surface area contributed by atoms with Crippen molar-refractivity contribution in [3.05, 3.63) is 0 Å². The minimum Gasteiger partial charge on any atom is -0.449 e. The van der Waals surface area contributed by atoms with Crippen molar-refractivity contribution in [2.45, 2.75) is 58.4 Å². The molecule has 1 rings (SSSR count).